The molecule has 6 rings (SSSR count). The minimum Gasteiger partial charge on any atom is -0.469 e. The Labute approximate surface area is 117 Å². The van der Waals surface area contributed by atoms with E-state index in [1.54, 1.807) is 0 Å². The van der Waals surface area contributed by atoms with Gasteiger partial charge in [-0.05, 0) is 47.3 Å². The minimum absolute atomic E-state index is 0.205. The van der Waals surface area contributed by atoms with Crippen LogP contribution >= 0.6 is 0 Å². The van der Waals surface area contributed by atoms with Gasteiger partial charge < -0.3 is 9.47 Å². The number of methoxy groups -OCH3 is 2. The standard InChI is InChI=1S/C16H18O4/c1-19-15(17)13-11-8-5-3-4-6-7(5)10(11)12(9(6)8)14(13)16(18)20-2/h3-14H,1-2H3. The lowest BCUT2D eigenvalue weighted by Gasteiger charge is -2.39. The number of ether oxygens (including phenoxy) is 2. The maximum atomic E-state index is 12.2. The Morgan fingerprint density at radius 1 is 0.700 bits per heavy atom. The fourth-order valence-electron chi connectivity index (χ4n) is 7.19. The Balaban J connectivity index is 1.61. The normalized spacial score (nSPS) is 58.7. The highest BCUT2D eigenvalue weighted by Gasteiger charge is 2.82. The van der Waals surface area contributed by atoms with Crippen molar-refractivity contribution in [2.75, 3.05) is 14.2 Å². The fourth-order valence-corrected chi connectivity index (χ4v) is 7.19. The Morgan fingerprint density at radius 2 is 1.15 bits per heavy atom. The van der Waals surface area contributed by atoms with E-state index < -0.39 is 0 Å². The van der Waals surface area contributed by atoms with Gasteiger partial charge in [0, 0.05) is 0 Å². The van der Waals surface area contributed by atoms with Crippen molar-refractivity contribution in [1.82, 2.24) is 0 Å². The number of esters is 2. The number of hydrogen-bond acceptors (Lipinski definition) is 4. The van der Waals surface area contributed by atoms with Crippen LogP contribution in [0.4, 0.5) is 0 Å². The SMILES string of the molecule is COC(=O)C1C(C(=O)OC)C2C3C4C=CC5C4C2C1C53. The third kappa shape index (κ3) is 0.895. The first-order valence-electron chi connectivity index (χ1n) is 7.54. The molecule has 6 aliphatic carbocycles. The van der Waals surface area contributed by atoms with Crippen LogP contribution in [-0.2, 0) is 19.1 Å². The van der Waals surface area contributed by atoms with Gasteiger partial charge >= 0.3 is 11.9 Å². The van der Waals surface area contributed by atoms with Crippen LogP contribution in [-0.4, -0.2) is 26.2 Å². The van der Waals surface area contributed by atoms with Crippen LogP contribution in [0.3, 0.4) is 0 Å². The van der Waals surface area contributed by atoms with Crippen molar-refractivity contribution in [3.63, 3.8) is 0 Å². The van der Waals surface area contributed by atoms with Gasteiger partial charge in [0.15, 0.2) is 0 Å². The first-order valence-corrected chi connectivity index (χ1v) is 7.54. The van der Waals surface area contributed by atoms with Gasteiger partial charge in [-0.25, -0.2) is 0 Å². The average Bonchev–Trinajstić information content (AvgIpc) is 3.23. The van der Waals surface area contributed by atoms with E-state index in [0.717, 1.165) is 0 Å². The van der Waals surface area contributed by atoms with E-state index in [-0.39, 0.29) is 23.8 Å². The summed E-state index contributed by atoms with van der Waals surface area (Å²) in [4.78, 5) is 24.5. The van der Waals surface area contributed by atoms with Crippen molar-refractivity contribution in [2.24, 2.45) is 59.2 Å². The largest absolute Gasteiger partial charge is 0.469 e. The predicted molar refractivity (Wildman–Crippen MR) is 68.1 cm³/mol. The molecule has 8 bridgehead atoms. The van der Waals surface area contributed by atoms with Gasteiger partial charge in [0.25, 0.3) is 0 Å². The van der Waals surface area contributed by atoms with Crippen molar-refractivity contribution < 1.29 is 19.1 Å². The summed E-state index contributed by atoms with van der Waals surface area (Å²) in [6.07, 6.45) is 4.74. The van der Waals surface area contributed by atoms with Gasteiger partial charge in [0.2, 0.25) is 0 Å². The third-order valence-corrected chi connectivity index (χ3v) is 7.16. The zero-order valence-corrected chi connectivity index (χ0v) is 11.6. The van der Waals surface area contributed by atoms with Gasteiger partial charge in [0.05, 0.1) is 26.1 Å². The van der Waals surface area contributed by atoms with Crippen LogP contribution < -0.4 is 0 Å². The first kappa shape index (κ1) is 11.4. The van der Waals surface area contributed by atoms with E-state index >= 15 is 0 Å². The average molecular weight is 274 g/mol. The van der Waals surface area contributed by atoms with Gasteiger partial charge in [-0.2, -0.15) is 0 Å². The first-order chi connectivity index (χ1) is 9.70. The molecule has 0 aliphatic heterocycles. The zero-order valence-electron chi connectivity index (χ0n) is 11.6. The van der Waals surface area contributed by atoms with Crippen LogP contribution in [0.15, 0.2) is 12.2 Å². The number of rotatable bonds is 2. The summed E-state index contributed by atoms with van der Waals surface area (Å²) in [5.41, 5.74) is 0. The molecule has 106 valence electrons. The maximum absolute atomic E-state index is 12.2. The second-order valence-electron chi connectivity index (χ2n) is 7.10. The van der Waals surface area contributed by atoms with E-state index in [9.17, 15) is 9.59 Å². The molecule has 0 N–H and O–H groups in total. The molecule has 0 saturated heterocycles. The van der Waals surface area contributed by atoms with E-state index in [4.69, 9.17) is 9.47 Å². The molecule has 4 heteroatoms. The van der Waals surface area contributed by atoms with Crippen LogP contribution in [0.2, 0.25) is 0 Å². The summed E-state index contributed by atoms with van der Waals surface area (Å²) in [6, 6.07) is 0. The second-order valence-corrected chi connectivity index (χ2v) is 7.10. The van der Waals surface area contributed by atoms with E-state index in [0.29, 0.717) is 47.3 Å². The Morgan fingerprint density at radius 3 is 1.55 bits per heavy atom. The third-order valence-electron chi connectivity index (χ3n) is 7.16. The molecule has 0 heterocycles. The summed E-state index contributed by atoms with van der Waals surface area (Å²) in [5, 5.41) is 0. The molecular formula is C16H18O4. The van der Waals surface area contributed by atoms with E-state index in [1.165, 1.54) is 14.2 Å². The number of allylic oxidation sites excluding steroid dienone is 2. The molecule has 0 aromatic rings. The molecular weight excluding hydrogens is 256 g/mol. The van der Waals surface area contributed by atoms with Gasteiger partial charge in [-0.3, -0.25) is 9.59 Å². The fraction of sp³-hybridized carbons (Fsp3) is 0.750. The Bertz CT molecular complexity index is 507. The molecule has 5 fully saturated rings. The monoisotopic (exact) mass is 274 g/mol. The zero-order chi connectivity index (χ0) is 13.8. The van der Waals surface area contributed by atoms with Gasteiger partial charge in [-0.1, -0.05) is 12.2 Å². The molecule has 5 saturated carbocycles. The van der Waals surface area contributed by atoms with Gasteiger partial charge in [-0.15, -0.1) is 0 Å². The molecule has 0 radical (unpaired) electrons. The molecule has 8 atom stereocenters. The molecule has 6 aliphatic rings. The quantitative estimate of drug-likeness (QED) is 0.559. The van der Waals surface area contributed by atoms with Crippen molar-refractivity contribution >= 4 is 11.9 Å². The van der Waals surface area contributed by atoms with Crippen molar-refractivity contribution in [1.29, 1.82) is 0 Å². The van der Waals surface area contributed by atoms with Crippen LogP contribution in [0.25, 0.3) is 0 Å². The second kappa shape index (κ2) is 3.29. The highest BCUT2D eigenvalue weighted by Crippen LogP contribution is 2.83. The predicted octanol–water partition coefficient (Wildman–Crippen LogP) is 1.12. The van der Waals surface area contributed by atoms with E-state index in [2.05, 4.69) is 12.2 Å². The molecule has 0 aromatic carbocycles. The lowest BCUT2D eigenvalue weighted by molar-refractivity contribution is -0.163. The smallest absolute Gasteiger partial charge is 0.309 e. The molecule has 8 unspecified atom stereocenters. The summed E-state index contributed by atoms with van der Waals surface area (Å²) in [6.45, 7) is 0. The maximum Gasteiger partial charge on any atom is 0.309 e. The molecule has 0 spiro atoms. The lowest BCUT2D eigenvalue weighted by atomic mass is 9.65. The summed E-state index contributed by atoms with van der Waals surface area (Å²) >= 11 is 0. The number of carbonyl (C=O) groups is 2. The highest BCUT2D eigenvalue weighted by atomic mass is 16.5. The summed E-state index contributed by atoms with van der Waals surface area (Å²) in [5.74, 6) is 3.61. The molecule has 20 heavy (non-hydrogen) atoms. The van der Waals surface area contributed by atoms with Crippen LogP contribution in [0, 0.1) is 59.2 Å². The highest BCUT2D eigenvalue weighted by molar-refractivity contribution is 5.84. The van der Waals surface area contributed by atoms with Gasteiger partial charge in [0.1, 0.15) is 0 Å². The Kier molecular flexibility index (Phi) is 1.87. The van der Waals surface area contributed by atoms with Crippen molar-refractivity contribution in [3.05, 3.63) is 12.2 Å². The molecule has 4 nitrogen and oxygen atoms in total. The minimum atomic E-state index is -0.261. The molecule has 0 aromatic heterocycles. The summed E-state index contributed by atoms with van der Waals surface area (Å²) in [7, 11) is 2.86. The summed E-state index contributed by atoms with van der Waals surface area (Å²) < 4.78 is 10.0. The van der Waals surface area contributed by atoms with Crippen LogP contribution in [0.5, 0.6) is 0 Å². The van der Waals surface area contributed by atoms with Crippen molar-refractivity contribution in [2.45, 2.75) is 0 Å². The lowest BCUT2D eigenvalue weighted by Crippen LogP contribution is -2.44. The van der Waals surface area contributed by atoms with Crippen molar-refractivity contribution in [3.8, 4) is 0 Å². The Hall–Kier alpha value is -1.32. The topological polar surface area (TPSA) is 52.6 Å². The number of carbonyl (C=O) groups excluding carboxylic acids is 2. The van der Waals surface area contributed by atoms with E-state index in [1.807, 2.05) is 0 Å². The molecule has 0 amide bonds. The van der Waals surface area contributed by atoms with Crippen LogP contribution in [0.1, 0.15) is 0 Å². The number of hydrogen-bond donors (Lipinski definition) is 0.